The second-order valence-corrected chi connectivity index (χ2v) is 14.5. The van der Waals surface area contributed by atoms with Crippen molar-refractivity contribution in [3.05, 3.63) is 167 Å². The summed E-state index contributed by atoms with van der Waals surface area (Å²) in [7, 11) is 0. The number of carbonyl (C=O) groups is 2. The SMILES string of the molecule is O=C(c1ccccc1OCc1ccccc1)C(Br)C(Br)c1ccc(C(Br)C(Br)C(=O)c2ccccc2OCc2ccccc2)cc1. The molecule has 0 saturated carbocycles. The molecule has 0 saturated heterocycles. The molecule has 0 aromatic heterocycles. The largest absolute Gasteiger partial charge is 0.488 e. The van der Waals surface area contributed by atoms with Gasteiger partial charge in [-0.1, -0.05) is 173 Å². The normalized spacial score (nSPS) is 13.7. The van der Waals surface area contributed by atoms with Gasteiger partial charge in [0.15, 0.2) is 11.6 Å². The first kappa shape index (κ1) is 34.3. The predicted octanol–water partition coefficient (Wildman–Crippen LogP) is 11.0. The molecule has 0 spiro atoms. The highest BCUT2D eigenvalue weighted by Gasteiger charge is 2.30. The minimum atomic E-state index is -0.544. The van der Waals surface area contributed by atoms with Gasteiger partial charge in [0.05, 0.1) is 30.4 Å². The molecular formula is C38H30Br4O4. The van der Waals surface area contributed by atoms with E-state index in [1.54, 1.807) is 12.1 Å². The summed E-state index contributed by atoms with van der Waals surface area (Å²) in [5.74, 6) is 0.899. The molecule has 0 fully saturated rings. The Kier molecular flexibility index (Phi) is 12.4. The predicted molar refractivity (Wildman–Crippen MR) is 198 cm³/mol. The third-order valence-corrected chi connectivity index (χ3v) is 12.8. The van der Waals surface area contributed by atoms with E-state index in [0.29, 0.717) is 35.8 Å². The molecule has 4 nitrogen and oxygen atoms in total. The van der Waals surface area contributed by atoms with E-state index in [-0.39, 0.29) is 21.2 Å². The van der Waals surface area contributed by atoms with Crippen LogP contribution in [0.3, 0.4) is 0 Å². The number of benzene rings is 5. The summed E-state index contributed by atoms with van der Waals surface area (Å²) in [6.07, 6.45) is 0. The Bertz CT molecular complexity index is 1620. The van der Waals surface area contributed by atoms with Crippen molar-refractivity contribution < 1.29 is 19.1 Å². The number of rotatable bonds is 14. The Morgan fingerprint density at radius 3 is 1.15 bits per heavy atom. The van der Waals surface area contributed by atoms with E-state index < -0.39 is 9.65 Å². The minimum Gasteiger partial charge on any atom is -0.488 e. The molecule has 4 atom stereocenters. The first-order chi connectivity index (χ1) is 22.3. The molecule has 0 aliphatic carbocycles. The lowest BCUT2D eigenvalue weighted by Gasteiger charge is -2.20. The van der Waals surface area contributed by atoms with Crippen LogP contribution in [0.2, 0.25) is 0 Å². The van der Waals surface area contributed by atoms with Gasteiger partial charge in [0.25, 0.3) is 0 Å². The van der Waals surface area contributed by atoms with Gasteiger partial charge in [0.2, 0.25) is 0 Å². The lowest BCUT2D eigenvalue weighted by atomic mass is 9.98. The molecule has 0 amide bonds. The first-order valence-corrected chi connectivity index (χ1v) is 18.3. The fourth-order valence-electron chi connectivity index (χ4n) is 4.83. The number of ether oxygens (including phenoxy) is 2. The van der Waals surface area contributed by atoms with Crippen LogP contribution in [0.1, 0.15) is 52.6 Å². The summed E-state index contributed by atoms with van der Waals surface area (Å²) in [5, 5.41) is 0. The second-order valence-electron chi connectivity index (χ2n) is 10.5. The van der Waals surface area contributed by atoms with Gasteiger partial charge in [0.1, 0.15) is 24.7 Å². The first-order valence-electron chi connectivity index (χ1n) is 14.6. The Hall–Kier alpha value is -3.04. The summed E-state index contributed by atoms with van der Waals surface area (Å²) >= 11 is 14.7. The summed E-state index contributed by atoms with van der Waals surface area (Å²) in [5.41, 5.74) is 4.90. The summed E-state index contributed by atoms with van der Waals surface area (Å²) < 4.78 is 12.1. The highest BCUT2D eigenvalue weighted by atomic mass is 79.9. The van der Waals surface area contributed by atoms with E-state index in [1.807, 2.05) is 121 Å². The number of para-hydroxylation sites is 2. The third kappa shape index (κ3) is 8.65. The molecule has 8 heteroatoms. The lowest BCUT2D eigenvalue weighted by molar-refractivity contribution is 0.0978. The van der Waals surface area contributed by atoms with Gasteiger partial charge >= 0.3 is 0 Å². The topological polar surface area (TPSA) is 52.6 Å². The molecule has 0 aliphatic rings. The van der Waals surface area contributed by atoms with Crippen LogP contribution in [0.4, 0.5) is 0 Å². The molecule has 5 aromatic rings. The Morgan fingerprint density at radius 2 is 0.783 bits per heavy atom. The summed E-state index contributed by atoms with van der Waals surface area (Å²) in [6, 6.07) is 42.1. The van der Waals surface area contributed by atoms with Crippen LogP contribution in [0.15, 0.2) is 133 Å². The fraction of sp³-hybridized carbons (Fsp3) is 0.158. The van der Waals surface area contributed by atoms with Crippen molar-refractivity contribution in [2.45, 2.75) is 32.5 Å². The van der Waals surface area contributed by atoms with E-state index in [0.717, 1.165) is 22.3 Å². The molecule has 5 aromatic carbocycles. The average molecular weight is 870 g/mol. The molecule has 0 radical (unpaired) electrons. The highest BCUT2D eigenvalue weighted by Crippen LogP contribution is 2.38. The maximum absolute atomic E-state index is 13.6. The van der Waals surface area contributed by atoms with Gasteiger partial charge in [0, 0.05) is 0 Å². The van der Waals surface area contributed by atoms with E-state index in [1.165, 1.54) is 0 Å². The van der Waals surface area contributed by atoms with Gasteiger partial charge in [-0.15, -0.1) is 0 Å². The molecule has 234 valence electrons. The minimum absolute atomic E-state index is 0.0905. The average Bonchev–Trinajstić information content (AvgIpc) is 3.12. The number of carbonyl (C=O) groups excluding carboxylic acids is 2. The van der Waals surface area contributed by atoms with E-state index >= 15 is 0 Å². The summed E-state index contributed by atoms with van der Waals surface area (Å²) in [6.45, 7) is 0.739. The van der Waals surface area contributed by atoms with Crippen molar-refractivity contribution >= 4 is 75.3 Å². The summed E-state index contributed by atoms with van der Waals surface area (Å²) in [4.78, 5) is 25.5. The highest BCUT2D eigenvalue weighted by molar-refractivity contribution is 9.12. The van der Waals surface area contributed by atoms with Crippen molar-refractivity contribution in [1.82, 2.24) is 0 Å². The number of halogens is 4. The molecular weight excluding hydrogens is 840 g/mol. The van der Waals surface area contributed by atoms with Gasteiger partial charge in [-0.2, -0.15) is 0 Å². The maximum Gasteiger partial charge on any atom is 0.181 e. The Morgan fingerprint density at radius 1 is 0.457 bits per heavy atom. The smallest absolute Gasteiger partial charge is 0.181 e. The monoisotopic (exact) mass is 866 g/mol. The molecule has 0 aliphatic heterocycles. The van der Waals surface area contributed by atoms with Crippen molar-refractivity contribution in [1.29, 1.82) is 0 Å². The molecule has 4 unspecified atom stereocenters. The van der Waals surface area contributed by atoms with Crippen molar-refractivity contribution in [3.63, 3.8) is 0 Å². The zero-order valence-electron chi connectivity index (χ0n) is 24.6. The van der Waals surface area contributed by atoms with Crippen LogP contribution in [0, 0.1) is 0 Å². The molecule has 46 heavy (non-hydrogen) atoms. The van der Waals surface area contributed by atoms with Gasteiger partial charge in [-0.3, -0.25) is 9.59 Å². The quantitative estimate of drug-likeness (QED) is 0.0824. The zero-order valence-corrected chi connectivity index (χ0v) is 30.9. The van der Waals surface area contributed by atoms with E-state index in [2.05, 4.69) is 63.7 Å². The number of alkyl halides is 4. The van der Waals surface area contributed by atoms with Crippen molar-refractivity contribution in [2.75, 3.05) is 0 Å². The van der Waals surface area contributed by atoms with E-state index in [9.17, 15) is 9.59 Å². The van der Waals surface area contributed by atoms with Gasteiger partial charge < -0.3 is 9.47 Å². The van der Waals surface area contributed by atoms with Crippen LogP contribution in [-0.4, -0.2) is 21.2 Å². The maximum atomic E-state index is 13.6. The van der Waals surface area contributed by atoms with Gasteiger partial charge in [-0.05, 0) is 46.5 Å². The molecule has 0 heterocycles. The van der Waals surface area contributed by atoms with Crippen LogP contribution < -0.4 is 9.47 Å². The number of Topliss-reactive ketones (excluding diaryl/α,β-unsaturated/α-hetero) is 2. The van der Waals surface area contributed by atoms with Crippen LogP contribution in [0.25, 0.3) is 0 Å². The number of hydrogen-bond acceptors (Lipinski definition) is 4. The standard InChI is InChI=1S/C38H30Br4O4/c39-33(35(41)37(43)29-15-7-9-17-31(29)45-23-25-11-3-1-4-12-25)27-19-21-28(22-20-27)34(40)36(42)38(44)30-16-8-10-18-32(30)46-24-26-13-5-2-6-14-26/h1-22,33-36H,23-24H2. The Balaban J connectivity index is 1.23. The fourth-order valence-corrected chi connectivity index (χ4v) is 7.02. The Labute approximate surface area is 303 Å². The van der Waals surface area contributed by atoms with Crippen molar-refractivity contribution in [2.24, 2.45) is 0 Å². The third-order valence-electron chi connectivity index (χ3n) is 7.37. The lowest BCUT2D eigenvalue weighted by Crippen LogP contribution is -2.21. The number of hydrogen-bond donors (Lipinski definition) is 0. The molecule has 0 N–H and O–H groups in total. The van der Waals surface area contributed by atoms with Crippen LogP contribution >= 0.6 is 63.7 Å². The zero-order chi connectivity index (χ0) is 32.5. The van der Waals surface area contributed by atoms with Crippen molar-refractivity contribution in [3.8, 4) is 11.5 Å². The second kappa shape index (κ2) is 16.7. The van der Waals surface area contributed by atoms with Gasteiger partial charge in [-0.25, -0.2) is 0 Å². The van der Waals surface area contributed by atoms with E-state index in [4.69, 9.17) is 9.47 Å². The molecule has 0 bridgehead atoms. The van der Waals surface area contributed by atoms with Crippen LogP contribution in [-0.2, 0) is 13.2 Å². The molecule has 5 rings (SSSR count). The number of ketones is 2. The van der Waals surface area contributed by atoms with Crippen LogP contribution in [0.5, 0.6) is 11.5 Å².